The Balaban J connectivity index is 1.98. The van der Waals surface area contributed by atoms with Crippen LogP contribution in [0.25, 0.3) is 0 Å². The predicted octanol–water partition coefficient (Wildman–Crippen LogP) is 2.90. The molecule has 0 aliphatic heterocycles. The van der Waals surface area contributed by atoms with Crippen molar-refractivity contribution in [2.24, 2.45) is 28.6 Å². The van der Waals surface area contributed by atoms with Gasteiger partial charge < -0.3 is 24.1 Å². The van der Waals surface area contributed by atoms with Crippen LogP contribution in [0.3, 0.4) is 0 Å². The minimum Gasteiger partial charge on any atom is -0.458 e. The molecule has 1 N–H and O–H groups in total. The summed E-state index contributed by atoms with van der Waals surface area (Å²) in [5.74, 6) is -7.24. The summed E-state index contributed by atoms with van der Waals surface area (Å²) in [7, 11) is 0. The summed E-state index contributed by atoms with van der Waals surface area (Å²) in [5, 5.41) is 11.9. The Morgan fingerprint density at radius 2 is 1.64 bits per heavy atom. The number of halogens is 1. The van der Waals surface area contributed by atoms with Crippen molar-refractivity contribution in [3.05, 3.63) is 23.8 Å². The first-order chi connectivity index (χ1) is 20.4. The Labute approximate surface area is 255 Å². The summed E-state index contributed by atoms with van der Waals surface area (Å²) in [5.41, 5.74) is -7.67. The Morgan fingerprint density at radius 3 is 2.20 bits per heavy atom. The van der Waals surface area contributed by atoms with E-state index in [0.717, 1.165) is 19.9 Å². The van der Waals surface area contributed by atoms with Crippen molar-refractivity contribution in [2.45, 2.75) is 104 Å². The molecule has 0 aromatic rings. The number of hydrogen-bond acceptors (Lipinski definition) is 11. The summed E-state index contributed by atoms with van der Waals surface area (Å²) in [4.78, 5) is 76.5. The largest absolute Gasteiger partial charge is 0.458 e. The molecule has 10 atom stereocenters. The van der Waals surface area contributed by atoms with E-state index in [9.17, 15) is 33.9 Å². The van der Waals surface area contributed by atoms with Gasteiger partial charge >= 0.3 is 23.9 Å². The number of carbonyl (C=O) groups excluding carboxylic acids is 6. The van der Waals surface area contributed by atoms with Crippen molar-refractivity contribution < 1.29 is 57.2 Å². The third kappa shape index (κ3) is 4.71. The number of fused-ring (bicyclic) bond motifs is 5. The minimum atomic E-state index is -2.60. The number of ether oxygens (including phenoxy) is 4. The maximum absolute atomic E-state index is 18.2. The van der Waals surface area contributed by atoms with Gasteiger partial charge in [-0.3, -0.25) is 28.8 Å². The normalized spacial score (nSPS) is 40.5. The fraction of sp³-hybridized carbons (Fsp3) is 0.688. The summed E-state index contributed by atoms with van der Waals surface area (Å²) in [6.45, 7) is 9.39. The van der Waals surface area contributed by atoms with Crippen molar-refractivity contribution in [2.75, 3.05) is 6.61 Å². The van der Waals surface area contributed by atoms with Gasteiger partial charge in [-0.1, -0.05) is 33.8 Å². The predicted molar refractivity (Wildman–Crippen MR) is 150 cm³/mol. The molecule has 0 unspecified atom stereocenters. The second-order valence-corrected chi connectivity index (χ2v) is 12.8. The summed E-state index contributed by atoms with van der Waals surface area (Å²) >= 11 is 0. The van der Waals surface area contributed by atoms with E-state index in [1.807, 2.05) is 0 Å². The van der Waals surface area contributed by atoms with Crippen LogP contribution in [0.4, 0.5) is 4.39 Å². The minimum absolute atomic E-state index is 0.00168. The van der Waals surface area contributed by atoms with Crippen molar-refractivity contribution >= 4 is 35.4 Å². The molecule has 242 valence electrons. The van der Waals surface area contributed by atoms with Crippen LogP contribution in [0.5, 0.6) is 0 Å². The van der Waals surface area contributed by atoms with Gasteiger partial charge in [0.1, 0.15) is 6.10 Å². The Kier molecular flexibility index (Phi) is 8.75. The number of aliphatic hydroxyl groups excluding tert-OH is 1. The van der Waals surface area contributed by atoms with E-state index in [4.69, 9.17) is 18.9 Å². The summed E-state index contributed by atoms with van der Waals surface area (Å²) < 4.78 is 40.8. The first-order valence-electron chi connectivity index (χ1n) is 15.0. The fourth-order valence-electron chi connectivity index (χ4n) is 8.62. The molecule has 0 aromatic heterocycles. The van der Waals surface area contributed by atoms with E-state index in [1.54, 1.807) is 27.7 Å². The molecule has 11 nitrogen and oxygen atoms in total. The van der Waals surface area contributed by atoms with E-state index >= 15 is 4.39 Å². The summed E-state index contributed by atoms with van der Waals surface area (Å²) in [6.07, 6.45) is -1.49. The van der Waals surface area contributed by atoms with Gasteiger partial charge in [0.15, 0.2) is 29.8 Å². The second kappa shape index (κ2) is 11.5. The van der Waals surface area contributed by atoms with Gasteiger partial charge in [-0.2, -0.15) is 0 Å². The molecule has 44 heavy (non-hydrogen) atoms. The van der Waals surface area contributed by atoms with E-state index in [2.05, 4.69) is 0 Å². The molecule has 12 heteroatoms. The van der Waals surface area contributed by atoms with Crippen LogP contribution in [-0.4, -0.2) is 76.7 Å². The molecule has 4 aliphatic rings. The highest BCUT2D eigenvalue weighted by Gasteiger charge is 2.80. The van der Waals surface area contributed by atoms with E-state index < -0.39 is 100 Å². The highest BCUT2D eigenvalue weighted by molar-refractivity contribution is 6.01. The lowest BCUT2D eigenvalue weighted by molar-refractivity contribution is -0.261. The van der Waals surface area contributed by atoms with Crippen molar-refractivity contribution in [3.8, 4) is 0 Å². The van der Waals surface area contributed by atoms with Crippen molar-refractivity contribution in [1.29, 1.82) is 0 Å². The number of carbonyl (C=O) groups is 6. The molecule has 0 spiro atoms. The van der Waals surface area contributed by atoms with Gasteiger partial charge in [-0.25, -0.2) is 4.39 Å². The van der Waals surface area contributed by atoms with Gasteiger partial charge in [0, 0.05) is 49.4 Å². The monoisotopic (exact) mass is 620 g/mol. The zero-order chi connectivity index (χ0) is 33.0. The lowest BCUT2D eigenvalue weighted by atomic mass is 9.43. The van der Waals surface area contributed by atoms with Crippen LogP contribution in [0.2, 0.25) is 0 Å². The highest BCUT2D eigenvalue weighted by Crippen LogP contribution is 2.72. The fourth-order valence-corrected chi connectivity index (χ4v) is 8.62. The first-order valence-corrected chi connectivity index (χ1v) is 15.0. The van der Waals surface area contributed by atoms with Gasteiger partial charge in [0.05, 0.1) is 6.10 Å². The number of allylic oxidation sites excluding steroid dienone is 3. The molecule has 3 saturated carbocycles. The summed E-state index contributed by atoms with van der Waals surface area (Å²) in [6, 6.07) is 0. The Bertz CT molecular complexity index is 1340. The van der Waals surface area contributed by atoms with E-state index in [0.29, 0.717) is 0 Å². The van der Waals surface area contributed by atoms with Gasteiger partial charge in [-0.15, -0.1) is 0 Å². The third-order valence-corrected chi connectivity index (χ3v) is 10.4. The number of esters is 4. The zero-order valence-electron chi connectivity index (χ0n) is 26.1. The zero-order valence-corrected chi connectivity index (χ0v) is 26.1. The van der Waals surface area contributed by atoms with Crippen LogP contribution in [0, 0.1) is 28.6 Å². The Hall–Kier alpha value is -3.41. The number of ketones is 2. The topological polar surface area (TPSA) is 160 Å². The van der Waals surface area contributed by atoms with Gasteiger partial charge in [0.25, 0.3) is 0 Å². The SMILES string of the molecule is CCC(=O)OCC(=O)[C@]1(OC(=O)CC)[C@@H](C)C[C@H]2[C@@H]3[C@@H](OC(C)=O)[C@@H](OC(C)=O)C4=CC(=O)C=C[C@]4(C)[C@@]3(F)[C@@H](O)C[C@@]21C. The van der Waals surface area contributed by atoms with Crippen LogP contribution >= 0.6 is 0 Å². The molecule has 0 amide bonds. The van der Waals surface area contributed by atoms with E-state index in [1.165, 1.54) is 19.1 Å². The lowest BCUT2D eigenvalue weighted by Crippen LogP contribution is -2.75. The van der Waals surface area contributed by atoms with Crippen LogP contribution < -0.4 is 0 Å². The molecule has 0 saturated heterocycles. The molecule has 4 rings (SSSR count). The standard InChI is InChI=1S/C32H41FO11/c1-8-24(39)41-15-23(38)32(44-25(40)9-2)16(3)12-20-26-28(43-18(5)35)27(42-17(4)34)21-13-19(36)10-11-29(21,6)31(26,33)22(37)14-30(20,32)7/h10-11,13,16,20,22,26-28,37H,8-9,12,14-15H2,1-7H3/t16-,20-,22-,26+,27-,28+,29-,30-,31+,32+/m0/s1. The molecule has 0 radical (unpaired) electrons. The van der Waals surface area contributed by atoms with Gasteiger partial charge in [0.2, 0.25) is 5.78 Å². The lowest BCUT2D eigenvalue weighted by Gasteiger charge is -2.65. The van der Waals surface area contributed by atoms with Crippen LogP contribution in [-0.2, 0) is 47.7 Å². The number of alkyl halides is 1. The van der Waals surface area contributed by atoms with Crippen LogP contribution in [0.1, 0.15) is 74.1 Å². The maximum Gasteiger partial charge on any atom is 0.306 e. The van der Waals surface area contributed by atoms with Crippen molar-refractivity contribution in [1.82, 2.24) is 0 Å². The van der Waals surface area contributed by atoms with Crippen molar-refractivity contribution in [3.63, 3.8) is 0 Å². The molecular weight excluding hydrogens is 579 g/mol. The molecular formula is C32H41FO11. The number of aliphatic hydroxyl groups is 1. The number of hydrogen-bond donors (Lipinski definition) is 1. The highest BCUT2D eigenvalue weighted by atomic mass is 19.1. The average molecular weight is 621 g/mol. The Morgan fingerprint density at radius 1 is 1.02 bits per heavy atom. The molecule has 0 aromatic carbocycles. The number of Topliss-reactive ketones (excluding diaryl/α,β-unsaturated/α-hetero) is 1. The quantitative estimate of drug-likeness (QED) is 0.314. The third-order valence-electron chi connectivity index (χ3n) is 10.4. The molecule has 0 bridgehead atoms. The molecule has 0 heterocycles. The average Bonchev–Trinajstić information content (AvgIpc) is 3.16. The second-order valence-electron chi connectivity index (χ2n) is 12.8. The first kappa shape index (κ1) is 33.5. The van der Waals surface area contributed by atoms with E-state index in [-0.39, 0.29) is 31.3 Å². The van der Waals surface area contributed by atoms with Crippen LogP contribution in [0.15, 0.2) is 23.8 Å². The maximum atomic E-state index is 18.2. The smallest absolute Gasteiger partial charge is 0.306 e. The number of rotatable bonds is 8. The van der Waals surface area contributed by atoms with Gasteiger partial charge in [-0.05, 0) is 43.4 Å². The molecule has 4 aliphatic carbocycles. The molecule has 3 fully saturated rings.